The summed E-state index contributed by atoms with van der Waals surface area (Å²) in [5.74, 6) is -6.06. The van der Waals surface area contributed by atoms with Crippen LogP contribution in [0.1, 0.15) is 53.2 Å². The Morgan fingerprint density at radius 3 is 2.42 bits per heavy atom. The molecule has 2 aromatic rings. The predicted octanol–water partition coefficient (Wildman–Crippen LogP) is 3.13. The normalized spacial score (nSPS) is 12.2. The van der Waals surface area contributed by atoms with Crippen LogP contribution < -0.4 is 10.5 Å². The zero-order valence-corrected chi connectivity index (χ0v) is 20.9. The monoisotopic (exact) mass is 521 g/mol. The third kappa shape index (κ3) is 7.43. The lowest BCUT2D eigenvalue weighted by molar-refractivity contribution is -0.146. The number of Topliss-reactive ketones (excluding diaryl/α,β-unsaturated/α-hetero) is 1. The number of nitrogens with two attached hydrogens (primary N) is 1. The molecule has 12 heteroatoms. The number of halogens is 1. The van der Waals surface area contributed by atoms with E-state index in [0.717, 1.165) is 17.4 Å². The van der Waals surface area contributed by atoms with Crippen LogP contribution in [0.5, 0.6) is 5.75 Å². The largest absolute Gasteiger partial charge is 0.481 e. The van der Waals surface area contributed by atoms with Gasteiger partial charge in [0, 0.05) is 29.8 Å². The number of rotatable bonds is 13. The third-order valence-corrected chi connectivity index (χ3v) is 6.88. The summed E-state index contributed by atoms with van der Waals surface area (Å²) in [6.07, 6.45) is -0.806. The number of hydrogen-bond donors (Lipinski definition) is 4. The quantitative estimate of drug-likeness (QED) is 0.134. The molecular weight excluding hydrogens is 493 g/mol. The number of ether oxygens (including phenoxy) is 1. The second-order valence-electron chi connectivity index (χ2n) is 8.72. The van der Waals surface area contributed by atoms with Gasteiger partial charge in [-0.05, 0) is 57.6 Å². The molecule has 0 bridgehead atoms. The highest BCUT2D eigenvalue weighted by atomic mass is 32.1. The Labute approximate surface area is 211 Å². The average molecular weight is 522 g/mol. The number of carbonyl (C=O) groups is 4. The summed E-state index contributed by atoms with van der Waals surface area (Å²) in [5.41, 5.74) is 4.40. The zero-order valence-electron chi connectivity index (χ0n) is 20.0. The van der Waals surface area contributed by atoms with Gasteiger partial charge in [0.2, 0.25) is 0 Å². The standard InChI is InChI=1S/C24H28FN3O7S/c1-24(2,19(29)11-14(22(32)33)5-9-20(30)31)28(3)12-15-6-8-18(36-15)23(34)35-17-7-4-13(21(26)27)10-16(17)25/h4,6-8,10,14H,5,9,11-12H2,1-3H3,(H3,26,27)(H,30,31)(H,32,33)/t14-/m1/s1. The van der Waals surface area contributed by atoms with Crippen LogP contribution in [0.15, 0.2) is 30.3 Å². The number of aliphatic carboxylic acids is 2. The molecule has 10 nitrogen and oxygen atoms in total. The molecule has 0 aliphatic heterocycles. The van der Waals surface area contributed by atoms with Crippen molar-refractivity contribution in [3.05, 3.63) is 51.5 Å². The number of carbonyl (C=O) groups excluding carboxylic acids is 2. The molecule has 0 fully saturated rings. The van der Waals surface area contributed by atoms with Crippen LogP contribution in [0, 0.1) is 17.1 Å². The van der Waals surface area contributed by atoms with Gasteiger partial charge in [-0.1, -0.05) is 0 Å². The highest BCUT2D eigenvalue weighted by molar-refractivity contribution is 7.13. The van der Waals surface area contributed by atoms with Gasteiger partial charge in [-0.25, -0.2) is 9.18 Å². The fourth-order valence-electron chi connectivity index (χ4n) is 3.20. The fourth-order valence-corrected chi connectivity index (χ4v) is 4.14. The number of nitrogens with zero attached hydrogens (tertiary/aromatic N) is 1. The van der Waals surface area contributed by atoms with Gasteiger partial charge in [-0.15, -0.1) is 11.3 Å². The molecule has 1 aromatic heterocycles. The van der Waals surface area contributed by atoms with E-state index in [9.17, 15) is 28.7 Å². The summed E-state index contributed by atoms with van der Waals surface area (Å²) in [4.78, 5) is 50.2. The molecule has 0 saturated heterocycles. The van der Waals surface area contributed by atoms with Crippen LogP contribution in [-0.2, 0) is 20.9 Å². The first-order valence-electron chi connectivity index (χ1n) is 10.9. The highest BCUT2D eigenvalue weighted by Crippen LogP contribution is 2.27. The first kappa shape index (κ1) is 28.6. The molecule has 0 saturated carbocycles. The number of benzene rings is 1. The number of likely N-dealkylation sites (N-methyl/N-ethyl adjacent to an activating group) is 1. The summed E-state index contributed by atoms with van der Waals surface area (Å²) < 4.78 is 19.3. The van der Waals surface area contributed by atoms with Crippen molar-refractivity contribution < 1.29 is 38.5 Å². The maximum Gasteiger partial charge on any atom is 0.353 e. The number of nitrogens with one attached hydrogen (secondary N) is 1. The lowest BCUT2D eigenvalue weighted by Gasteiger charge is -2.34. The van der Waals surface area contributed by atoms with E-state index in [-0.39, 0.29) is 53.6 Å². The van der Waals surface area contributed by atoms with Crippen molar-refractivity contribution in [1.82, 2.24) is 4.90 Å². The van der Waals surface area contributed by atoms with Gasteiger partial charge in [0.05, 0.1) is 11.5 Å². The summed E-state index contributed by atoms with van der Waals surface area (Å²) in [5, 5.41) is 25.5. The Morgan fingerprint density at radius 2 is 1.86 bits per heavy atom. The van der Waals surface area contributed by atoms with Crippen LogP contribution in [0.25, 0.3) is 0 Å². The molecule has 36 heavy (non-hydrogen) atoms. The Kier molecular flexibility index (Phi) is 9.42. The minimum Gasteiger partial charge on any atom is -0.481 e. The second kappa shape index (κ2) is 11.9. The number of amidine groups is 1. The number of esters is 1. The van der Waals surface area contributed by atoms with Crippen LogP contribution in [0.4, 0.5) is 4.39 Å². The molecule has 194 valence electrons. The molecule has 0 unspecified atom stereocenters. The Balaban J connectivity index is 2.04. The highest BCUT2D eigenvalue weighted by Gasteiger charge is 2.35. The Bertz CT molecular complexity index is 1180. The van der Waals surface area contributed by atoms with Crippen molar-refractivity contribution in [2.24, 2.45) is 11.7 Å². The van der Waals surface area contributed by atoms with E-state index in [0.29, 0.717) is 4.88 Å². The summed E-state index contributed by atoms with van der Waals surface area (Å²) in [6.45, 7) is 3.54. The van der Waals surface area contributed by atoms with Gasteiger partial charge in [-0.2, -0.15) is 0 Å². The number of carboxylic acids is 2. The van der Waals surface area contributed by atoms with Crippen molar-refractivity contribution in [1.29, 1.82) is 5.41 Å². The Morgan fingerprint density at radius 1 is 1.19 bits per heavy atom. The first-order valence-corrected chi connectivity index (χ1v) is 11.7. The van der Waals surface area contributed by atoms with Crippen LogP contribution in [-0.4, -0.2) is 57.2 Å². The SMILES string of the molecule is CN(Cc1ccc(C(=O)Oc2ccc(C(=N)N)cc2F)s1)C(C)(C)C(=O)C[C@@H](CCC(=O)O)C(=O)O. The van der Waals surface area contributed by atoms with Crippen molar-refractivity contribution in [3.8, 4) is 5.75 Å². The van der Waals surface area contributed by atoms with Crippen molar-refractivity contribution in [2.75, 3.05) is 7.05 Å². The molecule has 5 N–H and O–H groups in total. The predicted molar refractivity (Wildman–Crippen MR) is 130 cm³/mol. The molecule has 1 aromatic carbocycles. The lowest BCUT2D eigenvalue weighted by Crippen LogP contribution is -2.48. The number of thiophene rings is 1. The molecule has 0 aliphatic carbocycles. The summed E-state index contributed by atoms with van der Waals surface area (Å²) >= 11 is 1.10. The molecule has 0 spiro atoms. The molecule has 1 atom stereocenters. The van der Waals surface area contributed by atoms with Crippen molar-refractivity contribution >= 4 is 40.9 Å². The van der Waals surface area contributed by atoms with E-state index in [2.05, 4.69) is 0 Å². The van der Waals surface area contributed by atoms with Gasteiger partial charge < -0.3 is 20.7 Å². The molecular formula is C24H28FN3O7S. The van der Waals surface area contributed by atoms with Crippen molar-refractivity contribution in [3.63, 3.8) is 0 Å². The second-order valence-corrected chi connectivity index (χ2v) is 9.89. The molecule has 2 rings (SSSR count). The van der Waals surface area contributed by atoms with Gasteiger partial charge in [0.1, 0.15) is 10.7 Å². The molecule has 0 amide bonds. The van der Waals surface area contributed by atoms with Crippen LogP contribution in [0.2, 0.25) is 0 Å². The summed E-state index contributed by atoms with van der Waals surface area (Å²) in [6, 6.07) is 6.74. The van der Waals surface area contributed by atoms with E-state index >= 15 is 0 Å². The fraction of sp³-hybridized carbons (Fsp3) is 0.375. The number of hydrogen-bond acceptors (Lipinski definition) is 8. The van der Waals surface area contributed by atoms with E-state index in [1.54, 1.807) is 31.9 Å². The average Bonchev–Trinajstić information content (AvgIpc) is 3.25. The maximum absolute atomic E-state index is 14.2. The minimum absolute atomic E-state index is 0.148. The number of carboxylic acid groups (broad SMARTS) is 2. The third-order valence-electron chi connectivity index (χ3n) is 5.83. The van der Waals surface area contributed by atoms with Crippen LogP contribution in [0.3, 0.4) is 0 Å². The van der Waals surface area contributed by atoms with Gasteiger partial charge >= 0.3 is 17.9 Å². The maximum atomic E-state index is 14.2. The van der Waals surface area contributed by atoms with Gasteiger partial charge in [-0.3, -0.25) is 24.7 Å². The van der Waals surface area contributed by atoms with E-state index in [4.69, 9.17) is 21.0 Å². The molecule has 0 aliphatic rings. The minimum atomic E-state index is -1.23. The zero-order chi connectivity index (χ0) is 27.2. The summed E-state index contributed by atoms with van der Waals surface area (Å²) in [7, 11) is 1.68. The number of ketones is 1. The molecule has 1 heterocycles. The van der Waals surface area contributed by atoms with E-state index < -0.39 is 35.2 Å². The van der Waals surface area contributed by atoms with E-state index in [1.807, 2.05) is 0 Å². The van der Waals surface area contributed by atoms with Gasteiger partial charge in [0.25, 0.3) is 0 Å². The van der Waals surface area contributed by atoms with Crippen molar-refractivity contribution in [2.45, 2.75) is 45.2 Å². The van der Waals surface area contributed by atoms with Gasteiger partial charge in [0.15, 0.2) is 17.3 Å². The smallest absolute Gasteiger partial charge is 0.353 e. The topological polar surface area (TPSA) is 171 Å². The number of nitrogen functional groups attached to an aromatic ring is 1. The molecule has 0 radical (unpaired) electrons. The Hall–Kier alpha value is -3.64. The first-order chi connectivity index (χ1) is 16.7. The lowest BCUT2D eigenvalue weighted by atomic mass is 9.87. The van der Waals surface area contributed by atoms with Crippen LogP contribution >= 0.6 is 11.3 Å². The van der Waals surface area contributed by atoms with E-state index in [1.165, 1.54) is 18.2 Å².